The smallest absolute Gasteiger partial charge is 0.338 e. The van der Waals surface area contributed by atoms with Gasteiger partial charge in [0.1, 0.15) is 0 Å². The number of benzene rings is 2. The average molecular weight is 456 g/mol. The minimum absolute atomic E-state index is 0.130. The Kier molecular flexibility index (Phi) is 4.63. The van der Waals surface area contributed by atoms with Crippen LogP contribution in [0.3, 0.4) is 0 Å². The number of ketones is 1. The molecule has 1 saturated heterocycles. The van der Waals surface area contributed by atoms with E-state index < -0.39 is 5.97 Å². The summed E-state index contributed by atoms with van der Waals surface area (Å²) in [6, 6.07) is 11.9. The van der Waals surface area contributed by atoms with Crippen molar-refractivity contribution < 1.29 is 23.9 Å². The van der Waals surface area contributed by atoms with E-state index in [0.29, 0.717) is 23.1 Å². The Balaban J connectivity index is 1.14. The predicted molar refractivity (Wildman–Crippen MR) is 124 cm³/mol. The summed E-state index contributed by atoms with van der Waals surface area (Å²) in [5.74, 6) is -0.214. The van der Waals surface area contributed by atoms with Gasteiger partial charge in [-0.15, -0.1) is 0 Å². The van der Waals surface area contributed by atoms with Crippen molar-refractivity contribution in [3.05, 3.63) is 76.9 Å². The van der Waals surface area contributed by atoms with Crippen molar-refractivity contribution in [2.45, 2.75) is 20.3 Å². The molecule has 2 saturated carbocycles. The van der Waals surface area contributed by atoms with Gasteiger partial charge in [0.15, 0.2) is 6.61 Å². The quantitative estimate of drug-likeness (QED) is 0.296. The van der Waals surface area contributed by atoms with E-state index in [-0.39, 0.29) is 53.4 Å². The molecule has 2 bridgehead atoms. The zero-order chi connectivity index (χ0) is 23.7. The van der Waals surface area contributed by atoms with Crippen LogP contribution in [0.5, 0.6) is 0 Å². The second kappa shape index (κ2) is 7.49. The van der Waals surface area contributed by atoms with Gasteiger partial charge in [0.05, 0.1) is 23.1 Å². The molecule has 172 valence electrons. The number of carbonyl (C=O) groups is 4. The fourth-order valence-electron chi connectivity index (χ4n) is 6.29. The molecule has 1 heterocycles. The van der Waals surface area contributed by atoms with Crippen molar-refractivity contribution in [3.63, 3.8) is 0 Å². The normalized spacial score (nSPS) is 30.2. The highest BCUT2D eigenvalue weighted by Crippen LogP contribution is 2.65. The highest BCUT2D eigenvalue weighted by atomic mass is 16.5. The number of Topliss-reactive ketones (excluding diaryl/α,β-unsaturated/α-hetero) is 1. The third-order valence-electron chi connectivity index (χ3n) is 8.05. The largest absolute Gasteiger partial charge is 0.454 e. The molecule has 3 fully saturated rings. The Labute approximate surface area is 197 Å². The molecule has 34 heavy (non-hydrogen) atoms. The van der Waals surface area contributed by atoms with Crippen molar-refractivity contribution in [2.75, 3.05) is 11.5 Å². The number of allylic oxidation sites excluding steroid dienone is 2. The molecule has 2 amide bonds. The van der Waals surface area contributed by atoms with Gasteiger partial charge in [-0.1, -0.05) is 29.8 Å². The lowest BCUT2D eigenvalue weighted by atomic mass is 9.63. The lowest BCUT2D eigenvalue weighted by molar-refractivity contribution is -0.124. The highest BCUT2D eigenvalue weighted by molar-refractivity contribution is 6.22. The van der Waals surface area contributed by atoms with Crippen LogP contribution in [-0.2, 0) is 14.3 Å². The summed E-state index contributed by atoms with van der Waals surface area (Å²) >= 11 is 0. The first-order valence-electron chi connectivity index (χ1n) is 11.8. The average Bonchev–Trinajstić information content (AvgIpc) is 3.62. The van der Waals surface area contributed by atoms with E-state index in [2.05, 4.69) is 12.2 Å². The topological polar surface area (TPSA) is 80.8 Å². The summed E-state index contributed by atoms with van der Waals surface area (Å²) in [5.41, 5.74) is 3.06. The second-order valence-corrected chi connectivity index (χ2v) is 10.0. The highest BCUT2D eigenvalue weighted by Gasteiger charge is 2.67. The SMILES string of the molecule is Cc1ccc(C)c(C(=O)COC(=O)c2ccc(N3C(=O)[C@@H]4[C@H]5C=C[C@@H]([C@@H]6C[C@@H]56)[C@@H]4C3=O)cc2)c1. The maximum absolute atomic E-state index is 13.2. The van der Waals surface area contributed by atoms with Gasteiger partial charge in [0, 0.05) is 5.56 Å². The summed E-state index contributed by atoms with van der Waals surface area (Å²) < 4.78 is 5.23. The van der Waals surface area contributed by atoms with Crippen molar-refractivity contribution in [3.8, 4) is 0 Å². The van der Waals surface area contributed by atoms with Gasteiger partial charge in [-0.25, -0.2) is 4.79 Å². The molecule has 6 atom stereocenters. The van der Waals surface area contributed by atoms with E-state index in [0.717, 1.165) is 17.5 Å². The Hall–Kier alpha value is -3.54. The first-order chi connectivity index (χ1) is 16.3. The molecule has 0 aromatic heterocycles. The summed E-state index contributed by atoms with van der Waals surface area (Å²) in [7, 11) is 0. The molecular weight excluding hydrogens is 430 g/mol. The number of nitrogens with zero attached hydrogens (tertiary/aromatic N) is 1. The number of esters is 1. The molecule has 2 aromatic carbocycles. The van der Waals surface area contributed by atoms with Crippen LogP contribution in [0.4, 0.5) is 5.69 Å². The molecule has 4 aliphatic carbocycles. The maximum Gasteiger partial charge on any atom is 0.338 e. The van der Waals surface area contributed by atoms with E-state index >= 15 is 0 Å². The Morgan fingerprint density at radius 2 is 1.53 bits per heavy atom. The summed E-state index contributed by atoms with van der Waals surface area (Å²) in [5, 5.41) is 0. The fraction of sp³-hybridized carbons (Fsp3) is 0.357. The second-order valence-electron chi connectivity index (χ2n) is 10.0. The predicted octanol–water partition coefficient (Wildman–Crippen LogP) is 3.90. The molecule has 6 nitrogen and oxygen atoms in total. The number of anilines is 1. The number of carbonyl (C=O) groups excluding carboxylic acids is 4. The number of imide groups is 1. The zero-order valence-corrected chi connectivity index (χ0v) is 19.1. The van der Waals surface area contributed by atoms with Crippen LogP contribution in [-0.4, -0.2) is 30.2 Å². The van der Waals surface area contributed by atoms with Crippen molar-refractivity contribution in [1.82, 2.24) is 0 Å². The van der Waals surface area contributed by atoms with Crippen LogP contribution < -0.4 is 4.90 Å². The number of hydrogen-bond donors (Lipinski definition) is 0. The summed E-state index contributed by atoms with van der Waals surface area (Å²) in [4.78, 5) is 52.8. The van der Waals surface area contributed by atoms with Gasteiger partial charge in [-0.2, -0.15) is 0 Å². The number of rotatable bonds is 5. The number of amides is 2. The summed E-state index contributed by atoms with van der Waals surface area (Å²) in [6.07, 6.45) is 5.42. The van der Waals surface area contributed by atoms with Crippen molar-refractivity contribution >= 4 is 29.3 Å². The molecule has 6 heteroatoms. The Morgan fingerprint density at radius 1 is 0.912 bits per heavy atom. The van der Waals surface area contributed by atoms with Gasteiger partial charge in [0.2, 0.25) is 17.6 Å². The molecule has 0 radical (unpaired) electrons. The first-order valence-corrected chi connectivity index (χ1v) is 11.8. The van der Waals surface area contributed by atoms with Crippen LogP contribution in [0.25, 0.3) is 0 Å². The lowest BCUT2D eigenvalue weighted by Gasteiger charge is -2.37. The van der Waals surface area contributed by atoms with Gasteiger partial charge in [-0.3, -0.25) is 19.3 Å². The lowest BCUT2D eigenvalue weighted by Crippen LogP contribution is -2.40. The Bertz CT molecular complexity index is 1240. The Morgan fingerprint density at radius 3 is 2.15 bits per heavy atom. The summed E-state index contributed by atoms with van der Waals surface area (Å²) in [6.45, 7) is 3.39. The molecule has 0 unspecified atom stereocenters. The van der Waals surface area contributed by atoms with Crippen LogP contribution in [0.1, 0.15) is 38.3 Å². The molecular formula is C28H25NO5. The third kappa shape index (κ3) is 3.08. The van der Waals surface area contributed by atoms with Crippen LogP contribution in [0.15, 0.2) is 54.6 Å². The monoisotopic (exact) mass is 455 g/mol. The van der Waals surface area contributed by atoms with Gasteiger partial charge < -0.3 is 4.74 Å². The van der Waals surface area contributed by atoms with E-state index in [9.17, 15) is 19.2 Å². The minimum Gasteiger partial charge on any atom is -0.454 e. The maximum atomic E-state index is 13.2. The molecule has 2 aromatic rings. The van der Waals surface area contributed by atoms with E-state index in [4.69, 9.17) is 4.74 Å². The molecule has 0 N–H and O–H groups in total. The molecule has 1 aliphatic heterocycles. The zero-order valence-electron chi connectivity index (χ0n) is 19.1. The van der Waals surface area contributed by atoms with Crippen molar-refractivity contribution in [2.24, 2.45) is 35.5 Å². The fourth-order valence-corrected chi connectivity index (χ4v) is 6.29. The van der Waals surface area contributed by atoms with E-state index in [1.165, 1.54) is 17.0 Å². The molecule has 0 spiro atoms. The van der Waals surface area contributed by atoms with Crippen LogP contribution >= 0.6 is 0 Å². The number of hydrogen-bond acceptors (Lipinski definition) is 5. The van der Waals surface area contributed by atoms with E-state index in [1.54, 1.807) is 18.2 Å². The van der Waals surface area contributed by atoms with Crippen LogP contribution in [0, 0.1) is 49.4 Å². The van der Waals surface area contributed by atoms with Gasteiger partial charge in [-0.05, 0) is 79.8 Å². The minimum atomic E-state index is -0.625. The molecule has 5 aliphatic rings. The number of ether oxygens (including phenoxy) is 1. The van der Waals surface area contributed by atoms with Gasteiger partial charge >= 0.3 is 5.97 Å². The van der Waals surface area contributed by atoms with E-state index in [1.807, 2.05) is 26.0 Å². The van der Waals surface area contributed by atoms with Gasteiger partial charge in [0.25, 0.3) is 0 Å². The van der Waals surface area contributed by atoms with Crippen LogP contribution in [0.2, 0.25) is 0 Å². The van der Waals surface area contributed by atoms with Crippen molar-refractivity contribution in [1.29, 1.82) is 0 Å². The third-order valence-corrected chi connectivity index (χ3v) is 8.05. The molecule has 7 rings (SSSR count). The first kappa shape index (κ1) is 21.0. The number of aryl methyl sites for hydroxylation is 2. The standard InChI is InChI=1S/C28H25NO5/c1-14-3-4-15(2)20(11-14)23(30)13-34-28(33)16-5-7-17(8-6-16)29-26(31)24-18-9-10-19(22-12-21(18)22)25(24)27(29)32/h3-11,18-19,21-22,24-25H,12-13H2,1-2H3/t18-,19-,21-,22-,24-,25+/m0/s1.